The molecule has 1 aromatic carbocycles. The lowest BCUT2D eigenvalue weighted by molar-refractivity contribution is -0.115. The standard InChI is InChI=1S/C14H18N2O3/c17-13(9-15-11-4-5-11)16-12-3-1-2-10(8-12)14-18-6-7-19-14/h1-3,8,11,14-15H,4-7,9H2,(H,16,17). The van der Waals surface area contributed by atoms with Gasteiger partial charge in [-0.15, -0.1) is 0 Å². The largest absolute Gasteiger partial charge is 0.346 e. The van der Waals surface area contributed by atoms with Crippen LogP contribution in [0, 0.1) is 0 Å². The molecule has 102 valence electrons. The fourth-order valence-corrected chi connectivity index (χ4v) is 2.04. The van der Waals surface area contributed by atoms with Crippen molar-refractivity contribution in [2.24, 2.45) is 0 Å². The minimum absolute atomic E-state index is 0.0164. The predicted octanol–water partition coefficient (Wildman–Crippen LogP) is 1.42. The summed E-state index contributed by atoms with van der Waals surface area (Å²) in [7, 11) is 0. The van der Waals surface area contributed by atoms with Crippen LogP contribution in [0.4, 0.5) is 5.69 Å². The number of hydrogen-bond acceptors (Lipinski definition) is 4. The maximum absolute atomic E-state index is 11.7. The number of nitrogens with one attached hydrogen (secondary N) is 2. The van der Waals surface area contributed by atoms with Crippen LogP contribution in [0.15, 0.2) is 24.3 Å². The first-order valence-corrected chi connectivity index (χ1v) is 6.68. The summed E-state index contributed by atoms with van der Waals surface area (Å²) in [5.41, 5.74) is 1.71. The fraction of sp³-hybridized carbons (Fsp3) is 0.500. The Labute approximate surface area is 112 Å². The van der Waals surface area contributed by atoms with E-state index in [2.05, 4.69) is 10.6 Å². The summed E-state index contributed by atoms with van der Waals surface area (Å²) in [6.07, 6.45) is 2.06. The van der Waals surface area contributed by atoms with Gasteiger partial charge in [0.1, 0.15) is 0 Å². The van der Waals surface area contributed by atoms with E-state index in [0.29, 0.717) is 25.8 Å². The minimum atomic E-state index is -0.304. The van der Waals surface area contributed by atoms with Gasteiger partial charge >= 0.3 is 0 Å². The van der Waals surface area contributed by atoms with Crippen LogP contribution in [0.5, 0.6) is 0 Å². The highest BCUT2D eigenvalue weighted by molar-refractivity contribution is 5.92. The van der Waals surface area contributed by atoms with Crippen molar-refractivity contribution in [1.82, 2.24) is 5.32 Å². The fourth-order valence-electron chi connectivity index (χ4n) is 2.04. The van der Waals surface area contributed by atoms with Gasteiger partial charge in [0, 0.05) is 17.3 Å². The first kappa shape index (κ1) is 12.6. The Bertz CT molecular complexity index is 454. The molecule has 0 unspecified atom stereocenters. The van der Waals surface area contributed by atoms with Crippen molar-refractivity contribution in [2.45, 2.75) is 25.2 Å². The average Bonchev–Trinajstić information content (AvgIpc) is 3.09. The molecule has 5 nitrogen and oxygen atoms in total. The molecule has 0 atom stereocenters. The van der Waals surface area contributed by atoms with E-state index >= 15 is 0 Å². The van der Waals surface area contributed by atoms with Gasteiger partial charge in [0.05, 0.1) is 19.8 Å². The predicted molar refractivity (Wildman–Crippen MR) is 70.7 cm³/mol. The second-order valence-electron chi connectivity index (χ2n) is 4.90. The Morgan fingerprint density at radius 3 is 2.79 bits per heavy atom. The van der Waals surface area contributed by atoms with Crippen LogP contribution in [-0.2, 0) is 14.3 Å². The summed E-state index contributed by atoms with van der Waals surface area (Å²) in [6.45, 7) is 1.60. The third-order valence-electron chi connectivity index (χ3n) is 3.19. The number of hydrogen-bond donors (Lipinski definition) is 2. The summed E-state index contributed by atoms with van der Waals surface area (Å²) in [4.78, 5) is 11.7. The van der Waals surface area contributed by atoms with E-state index in [4.69, 9.17) is 9.47 Å². The molecule has 5 heteroatoms. The van der Waals surface area contributed by atoms with Crippen LogP contribution >= 0.6 is 0 Å². The summed E-state index contributed by atoms with van der Waals surface area (Å²) in [5, 5.41) is 6.06. The molecule has 3 rings (SSSR count). The van der Waals surface area contributed by atoms with E-state index < -0.39 is 0 Å². The molecule has 0 aromatic heterocycles. The Morgan fingerprint density at radius 2 is 2.05 bits per heavy atom. The number of carbonyl (C=O) groups excluding carboxylic acids is 1. The van der Waals surface area contributed by atoms with Crippen molar-refractivity contribution in [1.29, 1.82) is 0 Å². The Balaban J connectivity index is 1.56. The molecular weight excluding hydrogens is 244 g/mol. The molecular formula is C14H18N2O3. The van der Waals surface area contributed by atoms with Crippen molar-refractivity contribution in [3.8, 4) is 0 Å². The van der Waals surface area contributed by atoms with Gasteiger partial charge in [-0.3, -0.25) is 4.79 Å². The van der Waals surface area contributed by atoms with Crippen LogP contribution < -0.4 is 10.6 Å². The van der Waals surface area contributed by atoms with Gasteiger partial charge in [-0.25, -0.2) is 0 Å². The lowest BCUT2D eigenvalue weighted by Crippen LogP contribution is -2.29. The number of amides is 1. The molecule has 0 spiro atoms. The molecule has 19 heavy (non-hydrogen) atoms. The molecule has 2 fully saturated rings. The molecule has 1 heterocycles. The van der Waals surface area contributed by atoms with Crippen LogP contribution in [0.25, 0.3) is 0 Å². The number of carbonyl (C=O) groups is 1. The van der Waals surface area contributed by atoms with Crippen LogP contribution in [0.3, 0.4) is 0 Å². The van der Waals surface area contributed by atoms with Crippen molar-refractivity contribution < 1.29 is 14.3 Å². The number of anilines is 1. The quantitative estimate of drug-likeness (QED) is 0.842. The molecule has 2 N–H and O–H groups in total. The lowest BCUT2D eigenvalue weighted by atomic mass is 10.2. The first-order valence-electron chi connectivity index (χ1n) is 6.68. The number of ether oxygens (including phenoxy) is 2. The normalized spacial score (nSPS) is 19.6. The second kappa shape index (κ2) is 5.69. The van der Waals surface area contributed by atoms with Crippen molar-refractivity contribution in [3.05, 3.63) is 29.8 Å². The van der Waals surface area contributed by atoms with Crippen LogP contribution in [0.1, 0.15) is 24.7 Å². The SMILES string of the molecule is O=C(CNC1CC1)Nc1cccc(C2OCCO2)c1. The van der Waals surface area contributed by atoms with Gasteiger partial charge in [0.2, 0.25) is 5.91 Å². The molecule has 0 radical (unpaired) electrons. The second-order valence-corrected chi connectivity index (χ2v) is 4.90. The molecule has 1 aromatic rings. The zero-order chi connectivity index (χ0) is 13.1. The van der Waals surface area contributed by atoms with Gasteiger partial charge in [-0.1, -0.05) is 12.1 Å². The maximum atomic E-state index is 11.7. The van der Waals surface area contributed by atoms with Gasteiger partial charge in [0.25, 0.3) is 0 Å². The Kier molecular flexibility index (Phi) is 3.77. The van der Waals surface area contributed by atoms with Crippen molar-refractivity contribution in [2.75, 3.05) is 25.1 Å². The Morgan fingerprint density at radius 1 is 1.26 bits per heavy atom. The topological polar surface area (TPSA) is 59.6 Å². The molecule has 1 saturated carbocycles. The zero-order valence-corrected chi connectivity index (χ0v) is 10.7. The summed E-state index contributed by atoms with van der Waals surface area (Å²) < 4.78 is 10.9. The van der Waals surface area contributed by atoms with Gasteiger partial charge in [-0.2, -0.15) is 0 Å². The number of rotatable bonds is 5. The maximum Gasteiger partial charge on any atom is 0.238 e. The molecule has 0 bridgehead atoms. The van der Waals surface area contributed by atoms with Crippen molar-refractivity contribution >= 4 is 11.6 Å². The van der Waals surface area contributed by atoms with Crippen LogP contribution in [-0.4, -0.2) is 31.7 Å². The average molecular weight is 262 g/mol. The molecule has 1 saturated heterocycles. The minimum Gasteiger partial charge on any atom is -0.346 e. The highest BCUT2D eigenvalue weighted by Crippen LogP contribution is 2.25. The van der Waals surface area contributed by atoms with Crippen LogP contribution in [0.2, 0.25) is 0 Å². The number of benzene rings is 1. The third kappa shape index (κ3) is 3.53. The summed E-state index contributed by atoms with van der Waals surface area (Å²) in [6, 6.07) is 8.13. The molecule has 1 aliphatic carbocycles. The monoisotopic (exact) mass is 262 g/mol. The first-order chi connectivity index (χ1) is 9.31. The highest BCUT2D eigenvalue weighted by atomic mass is 16.7. The highest BCUT2D eigenvalue weighted by Gasteiger charge is 2.21. The molecule has 1 amide bonds. The Hall–Kier alpha value is -1.43. The lowest BCUT2D eigenvalue weighted by Gasteiger charge is -2.11. The molecule has 1 aliphatic heterocycles. The van der Waals surface area contributed by atoms with Gasteiger partial charge in [-0.05, 0) is 25.0 Å². The smallest absolute Gasteiger partial charge is 0.238 e. The van der Waals surface area contributed by atoms with E-state index in [-0.39, 0.29) is 12.2 Å². The van der Waals surface area contributed by atoms with Crippen molar-refractivity contribution in [3.63, 3.8) is 0 Å². The van der Waals surface area contributed by atoms with Gasteiger partial charge < -0.3 is 20.1 Å². The van der Waals surface area contributed by atoms with E-state index in [0.717, 1.165) is 11.3 Å². The zero-order valence-electron chi connectivity index (χ0n) is 10.7. The van der Waals surface area contributed by atoms with E-state index in [1.54, 1.807) is 0 Å². The molecule has 2 aliphatic rings. The van der Waals surface area contributed by atoms with E-state index in [1.165, 1.54) is 12.8 Å². The summed E-state index contributed by atoms with van der Waals surface area (Å²) >= 11 is 0. The third-order valence-corrected chi connectivity index (χ3v) is 3.19. The summed E-state index contributed by atoms with van der Waals surface area (Å²) in [5.74, 6) is -0.0164. The van der Waals surface area contributed by atoms with E-state index in [1.807, 2.05) is 24.3 Å². The van der Waals surface area contributed by atoms with E-state index in [9.17, 15) is 4.79 Å². The van der Waals surface area contributed by atoms with Gasteiger partial charge in [0.15, 0.2) is 6.29 Å².